The number of pyridine rings is 1. The van der Waals surface area contributed by atoms with Gasteiger partial charge in [0.2, 0.25) is 5.88 Å². The van der Waals surface area contributed by atoms with Crippen LogP contribution in [0.4, 0.5) is 0 Å². The van der Waals surface area contributed by atoms with Crippen LogP contribution in [-0.4, -0.2) is 15.2 Å². The number of furan rings is 1. The van der Waals surface area contributed by atoms with E-state index >= 15 is 0 Å². The number of nitrogens with zero attached hydrogens (tertiary/aromatic N) is 3. The van der Waals surface area contributed by atoms with Crippen molar-refractivity contribution in [2.45, 2.75) is 13.8 Å². The zero-order valence-electron chi connectivity index (χ0n) is 13.4. The third kappa shape index (κ3) is 2.50. The van der Waals surface area contributed by atoms with Gasteiger partial charge in [0.05, 0.1) is 23.5 Å². The number of fused-ring (bicyclic) bond motifs is 1. The van der Waals surface area contributed by atoms with Crippen molar-refractivity contribution < 1.29 is 9.15 Å². The van der Waals surface area contributed by atoms with E-state index < -0.39 is 0 Å². The van der Waals surface area contributed by atoms with E-state index in [0.29, 0.717) is 5.88 Å². The SMILES string of the molecule is Cc1cnnc(C)c1-c1ccc(Oc2nccc3occc23)cc1. The molecule has 118 valence electrons. The first-order valence-corrected chi connectivity index (χ1v) is 7.62. The van der Waals surface area contributed by atoms with Crippen molar-refractivity contribution in [2.75, 3.05) is 0 Å². The molecule has 0 aliphatic rings. The molecule has 5 nitrogen and oxygen atoms in total. The first-order valence-electron chi connectivity index (χ1n) is 7.62. The first kappa shape index (κ1) is 14.4. The van der Waals surface area contributed by atoms with E-state index in [9.17, 15) is 0 Å². The standard InChI is InChI=1S/C19H15N3O2/c1-12-11-21-22-13(2)18(12)14-3-5-15(6-4-14)24-19-16-8-10-23-17(16)7-9-20-19/h3-11H,1-2H3. The predicted octanol–water partition coefficient (Wildman–Crippen LogP) is 4.69. The highest BCUT2D eigenvalue weighted by Crippen LogP contribution is 2.31. The average molecular weight is 317 g/mol. The van der Waals surface area contributed by atoms with Gasteiger partial charge in [-0.15, -0.1) is 0 Å². The lowest BCUT2D eigenvalue weighted by atomic mass is 10.0. The number of hydrogen-bond donors (Lipinski definition) is 0. The van der Waals surface area contributed by atoms with Crippen LogP contribution in [0.3, 0.4) is 0 Å². The molecule has 5 heteroatoms. The molecule has 0 bridgehead atoms. The molecule has 0 spiro atoms. The molecule has 3 aromatic heterocycles. The highest BCUT2D eigenvalue weighted by atomic mass is 16.5. The smallest absolute Gasteiger partial charge is 0.230 e. The number of hydrogen-bond acceptors (Lipinski definition) is 5. The van der Waals surface area contributed by atoms with Gasteiger partial charge in [-0.25, -0.2) is 4.98 Å². The van der Waals surface area contributed by atoms with Crippen molar-refractivity contribution in [1.82, 2.24) is 15.2 Å². The maximum absolute atomic E-state index is 5.90. The second-order valence-corrected chi connectivity index (χ2v) is 5.56. The van der Waals surface area contributed by atoms with Crippen LogP contribution in [-0.2, 0) is 0 Å². The van der Waals surface area contributed by atoms with E-state index in [1.165, 1.54) is 0 Å². The molecule has 0 atom stereocenters. The van der Waals surface area contributed by atoms with E-state index in [4.69, 9.17) is 9.15 Å². The highest BCUT2D eigenvalue weighted by molar-refractivity contribution is 5.82. The molecule has 4 rings (SSSR count). The van der Waals surface area contributed by atoms with Crippen molar-refractivity contribution in [3.05, 3.63) is 66.3 Å². The summed E-state index contributed by atoms with van der Waals surface area (Å²) < 4.78 is 11.3. The Hall–Kier alpha value is -3.21. The maximum Gasteiger partial charge on any atom is 0.230 e. The molecular weight excluding hydrogens is 302 g/mol. The first-order chi connectivity index (χ1) is 11.7. The molecule has 0 radical (unpaired) electrons. The van der Waals surface area contributed by atoms with Gasteiger partial charge in [-0.1, -0.05) is 12.1 Å². The molecular formula is C19H15N3O2. The Balaban J connectivity index is 1.66. The van der Waals surface area contributed by atoms with Gasteiger partial charge in [0, 0.05) is 11.8 Å². The molecule has 0 aliphatic heterocycles. The Labute approximate surface area is 138 Å². The summed E-state index contributed by atoms with van der Waals surface area (Å²) in [6.07, 6.45) is 5.07. The fourth-order valence-corrected chi connectivity index (χ4v) is 2.79. The van der Waals surface area contributed by atoms with Gasteiger partial charge in [0.1, 0.15) is 11.3 Å². The summed E-state index contributed by atoms with van der Waals surface area (Å²) in [4.78, 5) is 4.28. The van der Waals surface area contributed by atoms with E-state index in [1.54, 1.807) is 18.7 Å². The van der Waals surface area contributed by atoms with E-state index in [2.05, 4.69) is 15.2 Å². The molecule has 0 amide bonds. The van der Waals surface area contributed by atoms with Gasteiger partial charge in [0.25, 0.3) is 0 Å². The van der Waals surface area contributed by atoms with Crippen LogP contribution >= 0.6 is 0 Å². The molecule has 0 fully saturated rings. The van der Waals surface area contributed by atoms with Crippen molar-refractivity contribution in [3.8, 4) is 22.8 Å². The van der Waals surface area contributed by atoms with Gasteiger partial charge in [-0.3, -0.25) is 0 Å². The van der Waals surface area contributed by atoms with Crippen LogP contribution in [0.1, 0.15) is 11.3 Å². The molecule has 3 heterocycles. The third-order valence-corrected chi connectivity index (χ3v) is 3.92. The van der Waals surface area contributed by atoms with Gasteiger partial charge in [-0.2, -0.15) is 10.2 Å². The molecule has 0 saturated heterocycles. The fraction of sp³-hybridized carbons (Fsp3) is 0.105. The number of rotatable bonds is 3. The van der Waals surface area contributed by atoms with E-state index in [-0.39, 0.29) is 0 Å². The molecule has 24 heavy (non-hydrogen) atoms. The predicted molar refractivity (Wildman–Crippen MR) is 91.0 cm³/mol. The van der Waals surface area contributed by atoms with Crippen molar-refractivity contribution in [3.63, 3.8) is 0 Å². The number of aryl methyl sites for hydroxylation is 2. The van der Waals surface area contributed by atoms with Crippen LogP contribution in [0, 0.1) is 13.8 Å². The second kappa shape index (κ2) is 5.77. The van der Waals surface area contributed by atoms with E-state index in [0.717, 1.165) is 39.1 Å². The van der Waals surface area contributed by atoms with Crippen LogP contribution in [0.25, 0.3) is 22.1 Å². The van der Waals surface area contributed by atoms with Crippen LogP contribution in [0.2, 0.25) is 0 Å². The Morgan fingerprint density at radius 3 is 2.62 bits per heavy atom. The average Bonchev–Trinajstić information content (AvgIpc) is 3.06. The fourth-order valence-electron chi connectivity index (χ4n) is 2.79. The highest BCUT2D eigenvalue weighted by Gasteiger charge is 2.09. The minimum absolute atomic E-state index is 0.534. The van der Waals surface area contributed by atoms with Gasteiger partial charge >= 0.3 is 0 Å². The van der Waals surface area contributed by atoms with Gasteiger partial charge in [0.15, 0.2) is 0 Å². The maximum atomic E-state index is 5.90. The van der Waals surface area contributed by atoms with Crippen molar-refractivity contribution >= 4 is 11.0 Å². The Morgan fingerprint density at radius 2 is 1.83 bits per heavy atom. The number of benzene rings is 1. The van der Waals surface area contributed by atoms with Crippen molar-refractivity contribution in [2.24, 2.45) is 0 Å². The normalized spacial score (nSPS) is 10.9. The summed E-state index contributed by atoms with van der Waals surface area (Å²) in [6.45, 7) is 3.99. The van der Waals surface area contributed by atoms with Crippen molar-refractivity contribution in [1.29, 1.82) is 0 Å². The minimum Gasteiger partial charge on any atom is -0.464 e. The summed E-state index contributed by atoms with van der Waals surface area (Å²) in [5, 5.41) is 8.96. The Kier molecular flexibility index (Phi) is 3.46. The zero-order chi connectivity index (χ0) is 16.5. The second-order valence-electron chi connectivity index (χ2n) is 5.56. The van der Waals surface area contributed by atoms with Gasteiger partial charge in [-0.05, 0) is 49.2 Å². The third-order valence-electron chi connectivity index (χ3n) is 3.92. The molecule has 0 unspecified atom stereocenters. The quantitative estimate of drug-likeness (QED) is 0.548. The summed E-state index contributed by atoms with van der Waals surface area (Å²) in [5.74, 6) is 1.25. The monoisotopic (exact) mass is 317 g/mol. The van der Waals surface area contributed by atoms with Crippen LogP contribution < -0.4 is 4.74 Å². The molecule has 0 N–H and O–H groups in total. The molecule has 4 aromatic rings. The van der Waals surface area contributed by atoms with Crippen LogP contribution in [0.5, 0.6) is 11.6 Å². The lowest BCUT2D eigenvalue weighted by molar-refractivity contribution is 0.469. The van der Waals surface area contributed by atoms with Crippen LogP contribution in [0.15, 0.2) is 59.5 Å². The molecule has 0 aliphatic carbocycles. The topological polar surface area (TPSA) is 61.0 Å². The van der Waals surface area contributed by atoms with E-state index in [1.807, 2.05) is 50.2 Å². The van der Waals surface area contributed by atoms with Gasteiger partial charge < -0.3 is 9.15 Å². The lowest BCUT2D eigenvalue weighted by Crippen LogP contribution is -1.94. The molecule has 1 aromatic carbocycles. The lowest BCUT2D eigenvalue weighted by Gasteiger charge is -2.10. The Bertz CT molecular complexity index is 986. The summed E-state index contributed by atoms with van der Waals surface area (Å²) in [6, 6.07) is 11.5. The minimum atomic E-state index is 0.534. The number of aromatic nitrogens is 3. The summed E-state index contributed by atoms with van der Waals surface area (Å²) >= 11 is 0. The molecule has 0 saturated carbocycles. The largest absolute Gasteiger partial charge is 0.464 e. The Morgan fingerprint density at radius 1 is 1.00 bits per heavy atom. The number of ether oxygens (including phenoxy) is 1. The summed E-state index contributed by atoms with van der Waals surface area (Å²) in [7, 11) is 0. The zero-order valence-corrected chi connectivity index (χ0v) is 13.4. The summed E-state index contributed by atoms with van der Waals surface area (Å²) in [5.41, 5.74) is 4.95.